The van der Waals surface area contributed by atoms with Gasteiger partial charge in [-0.1, -0.05) is 12.2 Å². The summed E-state index contributed by atoms with van der Waals surface area (Å²) < 4.78 is 12.1. The molecule has 1 aromatic heterocycles. The number of hydrogen-bond donors (Lipinski definition) is 1. The molecular weight excluding hydrogens is 430 g/mol. The summed E-state index contributed by atoms with van der Waals surface area (Å²) >= 11 is 0. The van der Waals surface area contributed by atoms with Crippen LogP contribution in [0, 0.1) is 5.92 Å². The van der Waals surface area contributed by atoms with Gasteiger partial charge < -0.3 is 28.9 Å². The summed E-state index contributed by atoms with van der Waals surface area (Å²) in [5.74, 6) is -1.48. The highest BCUT2D eigenvalue weighted by Gasteiger charge is 2.39. The Morgan fingerprint density at radius 2 is 1.64 bits per heavy atom. The minimum atomic E-state index is -0.717. The van der Waals surface area contributed by atoms with Gasteiger partial charge in [0.25, 0.3) is 17.7 Å². The fourth-order valence-electron chi connectivity index (χ4n) is 4.18. The molecule has 1 aromatic rings. The summed E-state index contributed by atoms with van der Waals surface area (Å²) in [6, 6.07) is 0. The van der Waals surface area contributed by atoms with Crippen LogP contribution in [0.15, 0.2) is 17.4 Å². The molecule has 1 atom stereocenters. The van der Waals surface area contributed by atoms with E-state index in [0.717, 1.165) is 0 Å². The molecule has 3 amide bonds. The van der Waals surface area contributed by atoms with Gasteiger partial charge >= 0.3 is 0 Å². The van der Waals surface area contributed by atoms with Crippen molar-refractivity contribution in [2.24, 2.45) is 18.1 Å². The van der Waals surface area contributed by atoms with Crippen molar-refractivity contribution < 1.29 is 29.0 Å². The van der Waals surface area contributed by atoms with Crippen LogP contribution in [-0.4, -0.2) is 108 Å². The van der Waals surface area contributed by atoms with Crippen LogP contribution in [0.4, 0.5) is 0 Å². The Labute approximate surface area is 191 Å². The molecule has 2 fully saturated rings. The van der Waals surface area contributed by atoms with Crippen LogP contribution >= 0.6 is 0 Å². The number of carbonyl (C=O) groups excluding carboxylic acids is 3. The fraction of sp³-hybridized carbons (Fsp3) is 0.545. The van der Waals surface area contributed by atoms with Crippen molar-refractivity contribution >= 4 is 29.5 Å². The van der Waals surface area contributed by atoms with Crippen molar-refractivity contribution in [3.63, 3.8) is 0 Å². The molecule has 0 saturated carbocycles. The van der Waals surface area contributed by atoms with Gasteiger partial charge in [-0.05, 0) is 6.42 Å². The van der Waals surface area contributed by atoms with Gasteiger partial charge in [-0.15, -0.1) is 0 Å². The number of aryl methyl sites for hydroxylation is 1. The Balaban J connectivity index is 1.51. The lowest BCUT2D eigenvalue weighted by Gasteiger charge is -2.27. The second-order valence-electron chi connectivity index (χ2n) is 8.24. The van der Waals surface area contributed by atoms with Gasteiger partial charge in [0.1, 0.15) is 5.71 Å². The lowest BCUT2D eigenvalue weighted by atomic mass is 9.97. The first kappa shape index (κ1) is 23.0. The van der Waals surface area contributed by atoms with E-state index < -0.39 is 5.92 Å². The quantitative estimate of drug-likeness (QED) is 0.658. The first-order valence-electron chi connectivity index (χ1n) is 11.0. The molecule has 3 aliphatic heterocycles. The number of hydrazone groups is 1. The van der Waals surface area contributed by atoms with Gasteiger partial charge in [0.05, 0.1) is 37.9 Å². The first-order valence-corrected chi connectivity index (χ1v) is 11.0. The third-order valence-corrected chi connectivity index (χ3v) is 6.10. The van der Waals surface area contributed by atoms with Crippen LogP contribution in [0.5, 0.6) is 5.88 Å². The highest BCUT2D eigenvalue weighted by atomic mass is 16.5. The molecule has 178 valence electrons. The fourth-order valence-corrected chi connectivity index (χ4v) is 4.18. The molecule has 2 saturated heterocycles. The molecule has 0 bridgehead atoms. The monoisotopic (exact) mass is 459 g/mol. The normalized spacial score (nSPS) is 21.8. The summed E-state index contributed by atoms with van der Waals surface area (Å²) in [5.41, 5.74) is 0.961. The molecule has 0 aromatic carbocycles. The van der Waals surface area contributed by atoms with Gasteiger partial charge in [-0.3, -0.25) is 14.4 Å². The van der Waals surface area contributed by atoms with Crippen LogP contribution in [-0.2, 0) is 26.1 Å². The Kier molecular flexibility index (Phi) is 6.80. The van der Waals surface area contributed by atoms with Crippen LogP contribution in [0.1, 0.15) is 22.3 Å². The number of aromatic hydroxyl groups is 1. The second-order valence-corrected chi connectivity index (χ2v) is 8.24. The number of carbonyl (C=O) groups is 3. The average molecular weight is 460 g/mol. The Morgan fingerprint density at radius 1 is 1.06 bits per heavy atom. The van der Waals surface area contributed by atoms with Crippen molar-refractivity contribution in [1.29, 1.82) is 0 Å². The van der Waals surface area contributed by atoms with Gasteiger partial charge in [0, 0.05) is 52.0 Å². The lowest BCUT2D eigenvalue weighted by molar-refractivity contribution is -0.131. The van der Waals surface area contributed by atoms with Crippen LogP contribution in [0.25, 0.3) is 6.08 Å². The number of nitrogens with zero attached hydrogens (tertiary/aromatic N) is 5. The van der Waals surface area contributed by atoms with Gasteiger partial charge in [-0.25, -0.2) is 5.01 Å². The largest absolute Gasteiger partial charge is 0.494 e. The number of rotatable bonds is 5. The van der Waals surface area contributed by atoms with Crippen molar-refractivity contribution in [1.82, 2.24) is 19.4 Å². The van der Waals surface area contributed by atoms with E-state index in [-0.39, 0.29) is 35.7 Å². The Morgan fingerprint density at radius 3 is 2.24 bits per heavy atom. The summed E-state index contributed by atoms with van der Waals surface area (Å²) in [4.78, 5) is 41.9. The van der Waals surface area contributed by atoms with E-state index in [1.807, 2.05) is 0 Å². The summed E-state index contributed by atoms with van der Waals surface area (Å²) in [5, 5.41) is 15.9. The van der Waals surface area contributed by atoms with Crippen LogP contribution < -0.4 is 0 Å². The Bertz CT molecular complexity index is 988. The molecule has 1 N–H and O–H groups in total. The highest BCUT2D eigenvalue weighted by Crippen LogP contribution is 2.28. The molecular formula is C22H29N5O6. The van der Waals surface area contributed by atoms with Crippen molar-refractivity contribution in [2.75, 3.05) is 59.7 Å². The zero-order chi connectivity index (χ0) is 23.5. The summed E-state index contributed by atoms with van der Waals surface area (Å²) in [6.07, 6.45) is 5.15. The van der Waals surface area contributed by atoms with Crippen molar-refractivity contribution in [3.8, 4) is 5.88 Å². The zero-order valence-corrected chi connectivity index (χ0v) is 18.9. The number of hydrogen-bond acceptors (Lipinski definition) is 7. The average Bonchev–Trinajstić information content (AvgIpc) is 3.29. The first-order chi connectivity index (χ1) is 15.9. The number of morpholine rings is 2. The molecule has 4 rings (SSSR count). The van der Waals surface area contributed by atoms with Crippen molar-refractivity contribution in [3.05, 3.63) is 23.4 Å². The molecule has 4 heterocycles. The molecule has 0 spiro atoms. The third-order valence-electron chi connectivity index (χ3n) is 6.10. The minimum Gasteiger partial charge on any atom is -0.494 e. The second kappa shape index (κ2) is 9.75. The van der Waals surface area contributed by atoms with E-state index in [9.17, 15) is 19.5 Å². The molecule has 1 unspecified atom stereocenters. The van der Waals surface area contributed by atoms with E-state index in [1.54, 1.807) is 35.2 Å². The number of amides is 3. The Hall–Kier alpha value is -3.18. The maximum Gasteiger partial charge on any atom is 0.271 e. The predicted octanol–water partition coefficient (Wildman–Crippen LogP) is -0.0906. The molecule has 11 nitrogen and oxygen atoms in total. The van der Waals surface area contributed by atoms with Crippen LogP contribution in [0.2, 0.25) is 0 Å². The maximum atomic E-state index is 13.0. The molecule has 11 heteroatoms. The third kappa shape index (κ3) is 4.64. The number of ether oxygens (including phenoxy) is 2. The highest BCUT2D eigenvalue weighted by molar-refractivity contribution is 6.44. The number of allylic oxidation sites excluding steroid dienone is 1. The predicted molar refractivity (Wildman–Crippen MR) is 119 cm³/mol. The SMILES string of the molecule is CN1N=C(C(=O)N2CCOCC2)C(CC=Cc2c(C(=O)N3CCOCC3)cn(C)c2O)C1=O. The lowest BCUT2D eigenvalue weighted by Crippen LogP contribution is -2.45. The van der Waals surface area contributed by atoms with Gasteiger partial charge in [0.2, 0.25) is 0 Å². The summed E-state index contributed by atoms with van der Waals surface area (Å²) in [7, 11) is 3.19. The number of aromatic nitrogens is 1. The summed E-state index contributed by atoms with van der Waals surface area (Å²) in [6.45, 7) is 3.78. The van der Waals surface area contributed by atoms with Gasteiger partial charge in [-0.2, -0.15) is 5.10 Å². The van der Waals surface area contributed by atoms with E-state index in [2.05, 4.69) is 5.10 Å². The van der Waals surface area contributed by atoms with E-state index in [1.165, 1.54) is 16.6 Å². The van der Waals surface area contributed by atoms with E-state index >= 15 is 0 Å². The minimum absolute atomic E-state index is 0.0454. The topological polar surface area (TPSA) is 117 Å². The van der Waals surface area contributed by atoms with Crippen LogP contribution in [0.3, 0.4) is 0 Å². The zero-order valence-electron chi connectivity index (χ0n) is 18.9. The van der Waals surface area contributed by atoms with Crippen molar-refractivity contribution in [2.45, 2.75) is 6.42 Å². The van der Waals surface area contributed by atoms with E-state index in [0.29, 0.717) is 63.7 Å². The van der Waals surface area contributed by atoms with Gasteiger partial charge in [0.15, 0.2) is 5.88 Å². The molecule has 3 aliphatic rings. The van der Waals surface area contributed by atoms with E-state index in [4.69, 9.17) is 9.47 Å². The molecule has 0 radical (unpaired) electrons. The maximum absolute atomic E-state index is 13.0. The smallest absolute Gasteiger partial charge is 0.271 e. The molecule has 33 heavy (non-hydrogen) atoms. The molecule has 0 aliphatic carbocycles. The standard InChI is InChI=1S/C22H29N5O6/c1-24-14-17(21(30)26-6-10-32-11-7-26)15(19(24)28)4-3-5-16-18(23-25(2)20(16)29)22(31)27-8-12-33-13-9-27/h3-4,14,16,28H,5-13H2,1-2H3.